The lowest BCUT2D eigenvalue weighted by Crippen LogP contribution is -2.36. The van der Waals surface area contributed by atoms with Gasteiger partial charge in [0.05, 0.1) is 36.6 Å². The highest BCUT2D eigenvalue weighted by Crippen LogP contribution is 2.27. The van der Waals surface area contributed by atoms with E-state index < -0.39 is 5.41 Å². The maximum absolute atomic E-state index is 12.2. The highest BCUT2D eigenvalue weighted by atomic mass is 16.5. The summed E-state index contributed by atoms with van der Waals surface area (Å²) in [6.45, 7) is 8.12. The van der Waals surface area contributed by atoms with Crippen LogP contribution >= 0.6 is 0 Å². The van der Waals surface area contributed by atoms with Crippen LogP contribution in [0.2, 0.25) is 0 Å². The third-order valence-electron chi connectivity index (χ3n) is 3.98. The summed E-state index contributed by atoms with van der Waals surface area (Å²) in [7, 11) is 1.57. The van der Waals surface area contributed by atoms with Crippen molar-refractivity contribution in [2.45, 2.75) is 40.7 Å². The lowest BCUT2D eigenvalue weighted by molar-refractivity contribution is -0.129. The summed E-state index contributed by atoms with van der Waals surface area (Å²) in [4.78, 5) is 16.6. The number of amides is 1. The number of ether oxygens (including phenoxy) is 1. The van der Waals surface area contributed by atoms with Gasteiger partial charge in [-0.15, -0.1) is 0 Å². The number of carbonyl (C=O) groups excluding carboxylic acids is 1. The van der Waals surface area contributed by atoms with Crippen LogP contribution in [-0.2, 0) is 11.3 Å². The van der Waals surface area contributed by atoms with E-state index in [0.29, 0.717) is 12.4 Å². The van der Waals surface area contributed by atoms with Gasteiger partial charge in [0.15, 0.2) is 0 Å². The first-order valence-corrected chi connectivity index (χ1v) is 7.05. The van der Waals surface area contributed by atoms with Gasteiger partial charge in [0, 0.05) is 10.8 Å². The minimum absolute atomic E-state index is 0.0142. The Morgan fingerprint density at radius 3 is 2.81 bits per heavy atom. The predicted octanol–water partition coefficient (Wildman–Crippen LogP) is 2.33. The van der Waals surface area contributed by atoms with E-state index in [0.717, 1.165) is 28.6 Å². The number of methoxy groups -OCH3 is 1. The van der Waals surface area contributed by atoms with Crippen LogP contribution in [0.25, 0.3) is 10.9 Å². The molecule has 2 N–H and O–H groups in total. The molecule has 2 aromatic heterocycles. The Balaban J connectivity index is 2.32. The second kappa shape index (κ2) is 5.71. The van der Waals surface area contributed by atoms with Crippen molar-refractivity contribution < 1.29 is 9.53 Å². The van der Waals surface area contributed by atoms with E-state index in [4.69, 9.17) is 4.74 Å². The summed E-state index contributed by atoms with van der Waals surface area (Å²) in [5.41, 5.74) is 2.13. The monoisotopic (exact) mass is 290 g/mol. The highest BCUT2D eigenvalue weighted by molar-refractivity contribution is 5.86. The molecule has 1 amide bonds. The molecule has 0 saturated heterocycles. The number of aromatic nitrogens is 3. The molecule has 0 aliphatic rings. The van der Waals surface area contributed by atoms with Crippen molar-refractivity contribution in [2.24, 2.45) is 5.41 Å². The number of pyridine rings is 1. The van der Waals surface area contributed by atoms with Crippen molar-refractivity contribution in [2.75, 3.05) is 7.11 Å². The summed E-state index contributed by atoms with van der Waals surface area (Å²) in [5.74, 6) is 0.527. The molecule has 0 aliphatic heterocycles. The fourth-order valence-corrected chi connectivity index (χ4v) is 2.08. The summed E-state index contributed by atoms with van der Waals surface area (Å²) in [6.07, 6.45) is 2.51. The largest absolute Gasteiger partial charge is 0.481 e. The Kier molecular flexibility index (Phi) is 4.16. The molecule has 0 atom stereocenters. The normalized spacial score (nSPS) is 11.7. The second-order valence-electron chi connectivity index (χ2n) is 5.76. The summed E-state index contributed by atoms with van der Waals surface area (Å²) < 4.78 is 5.34. The lowest BCUT2D eigenvalue weighted by Gasteiger charge is -2.22. The van der Waals surface area contributed by atoms with Gasteiger partial charge in [0.1, 0.15) is 0 Å². The average Bonchev–Trinajstić information content (AvgIpc) is 2.95. The van der Waals surface area contributed by atoms with Gasteiger partial charge in [-0.3, -0.25) is 9.89 Å². The van der Waals surface area contributed by atoms with Crippen LogP contribution in [0.5, 0.6) is 5.88 Å². The van der Waals surface area contributed by atoms with Crippen LogP contribution in [0.3, 0.4) is 0 Å². The van der Waals surface area contributed by atoms with E-state index in [1.165, 1.54) is 0 Å². The van der Waals surface area contributed by atoms with Crippen molar-refractivity contribution in [1.82, 2.24) is 20.5 Å². The first-order chi connectivity index (χ1) is 9.90. The predicted molar refractivity (Wildman–Crippen MR) is 81.1 cm³/mol. The number of fused-ring (bicyclic) bond motifs is 1. The van der Waals surface area contributed by atoms with Crippen LogP contribution in [0.1, 0.15) is 38.4 Å². The van der Waals surface area contributed by atoms with Crippen molar-refractivity contribution in [1.29, 1.82) is 0 Å². The fourth-order valence-electron chi connectivity index (χ4n) is 2.08. The Labute approximate surface area is 124 Å². The molecule has 6 heteroatoms. The molecule has 0 bridgehead atoms. The van der Waals surface area contributed by atoms with Gasteiger partial charge in [-0.1, -0.05) is 20.8 Å². The molecular formula is C15H22N4O2. The SMILES string of the molecule is CCC(C)(C)C(=O)NCc1c(OC)nc(C)c2cn[nH]c12. The van der Waals surface area contributed by atoms with Gasteiger partial charge in [0.2, 0.25) is 11.8 Å². The van der Waals surface area contributed by atoms with E-state index in [2.05, 4.69) is 20.5 Å². The molecule has 21 heavy (non-hydrogen) atoms. The molecular weight excluding hydrogens is 268 g/mol. The number of aryl methyl sites for hydroxylation is 1. The zero-order valence-corrected chi connectivity index (χ0v) is 13.2. The number of rotatable bonds is 5. The van der Waals surface area contributed by atoms with Crippen LogP contribution in [0, 0.1) is 12.3 Å². The molecule has 0 aromatic carbocycles. The topological polar surface area (TPSA) is 79.9 Å². The number of H-pyrrole nitrogens is 1. The third-order valence-corrected chi connectivity index (χ3v) is 3.98. The fraction of sp³-hybridized carbons (Fsp3) is 0.533. The van der Waals surface area contributed by atoms with Crippen molar-refractivity contribution in [3.05, 3.63) is 17.5 Å². The van der Waals surface area contributed by atoms with E-state index >= 15 is 0 Å². The number of nitrogens with zero attached hydrogens (tertiary/aromatic N) is 2. The van der Waals surface area contributed by atoms with Gasteiger partial charge in [-0.2, -0.15) is 5.10 Å². The number of aromatic amines is 1. The molecule has 0 unspecified atom stereocenters. The summed E-state index contributed by atoms with van der Waals surface area (Å²) >= 11 is 0. The standard InChI is InChI=1S/C15H22N4O2/c1-6-15(3,4)14(20)16-7-11-12-10(8-17-19-12)9(2)18-13(11)21-5/h8H,6-7H2,1-5H3,(H,16,20)(H,17,19). The van der Waals surface area contributed by atoms with Gasteiger partial charge in [-0.25, -0.2) is 4.98 Å². The Hall–Kier alpha value is -2.11. The van der Waals surface area contributed by atoms with Gasteiger partial charge >= 0.3 is 0 Å². The Bertz CT molecular complexity index is 661. The molecule has 0 spiro atoms. The smallest absolute Gasteiger partial charge is 0.225 e. The molecule has 2 heterocycles. The zero-order valence-electron chi connectivity index (χ0n) is 13.2. The number of hydrogen-bond donors (Lipinski definition) is 2. The van der Waals surface area contributed by atoms with E-state index in [1.807, 2.05) is 27.7 Å². The Morgan fingerprint density at radius 1 is 1.48 bits per heavy atom. The van der Waals surface area contributed by atoms with Gasteiger partial charge < -0.3 is 10.1 Å². The number of carbonyl (C=O) groups is 1. The maximum Gasteiger partial charge on any atom is 0.225 e. The first-order valence-electron chi connectivity index (χ1n) is 7.05. The molecule has 0 aliphatic carbocycles. The Morgan fingerprint density at radius 2 is 2.19 bits per heavy atom. The summed E-state index contributed by atoms with van der Waals surface area (Å²) in [6, 6.07) is 0. The molecule has 114 valence electrons. The zero-order chi connectivity index (χ0) is 15.6. The number of hydrogen-bond acceptors (Lipinski definition) is 4. The lowest BCUT2D eigenvalue weighted by atomic mass is 9.89. The van der Waals surface area contributed by atoms with Crippen LogP contribution in [0.4, 0.5) is 0 Å². The third kappa shape index (κ3) is 2.84. The van der Waals surface area contributed by atoms with Gasteiger partial charge in [0.25, 0.3) is 0 Å². The first kappa shape index (κ1) is 15.3. The molecule has 2 rings (SSSR count). The van der Waals surface area contributed by atoms with Crippen LogP contribution in [-0.4, -0.2) is 28.2 Å². The van der Waals surface area contributed by atoms with Crippen LogP contribution < -0.4 is 10.1 Å². The van der Waals surface area contributed by atoms with Crippen molar-refractivity contribution in [3.8, 4) is 5.88 Å². The molecule has 0 saturated carbocycles. The minimum atomic E-state index is -0.390. The highest BCUT2D eigenvalue weighted by Gasteiger charge is 2.25. The van der Waals surface area contributed by atoms with Crippen LogP contribution in [0.15, 0.2) is 6.20 Å². The van der Waals surface area contributed by atoms with Gasteiger partial charge in [-0.05, 0) is 13.3 Å². The molecule has 6 nitrogen and oxygen atoms in total. The van der Waals surface area contributed by atoms with Crippen molar-refractivity contribution >= 4 is 16.8 Å². The quantitative estimate of drug-likeness (QED) is 0.885. The molecule has 2 aromatic rings. The molecule has 0 fully saturated rings. The second-order valence-corrected chi connectivity index (χ2v) is 5.76. The minimum Gasteiger partial charge on any atom is -0.481 e. The average molecular weight is 290 g/mol. The van der Waals surface area contributed by atoms with E-state index in [-0.39, 0.29) is 5.91 Å². The summed E-state index contributed by atoms with van der Waals surface area (Å²) in [5, 5.41) is 10.9. The maximum atomic E-state index is 12.2. The number of nitrogens with one attached hydrogen (secondary N) is 2. The van der Waals surface area contributed by atoms with E-state index in [9.17, 15) is 4.79 Å². The molecule has 0 radical (unpaired) electrons. The van der Waals surface area contributed by atoms with Crippen molar-refractivity contribution in [3.63, 3.8) is 0 Å². The van der Waals surface area contributed by atoms with E-state index in [1.54, 1.807) is 13.3 Å².